The second kappa shape index (κ2) is 6.67. The van der Waals surface area contributed by atoms with Gasteiger partial charge in [0.05, 0.1) is 11.5 Å². The number of rotatable bonds is 6. The quantitative estimate of drug-likeness (QED) is 0.833. The van der Waals surface area contributed by atoms with Crippen LogP contribution in [0, 0.1) is 0 Å². The minimum atomic E-state index is -3.45. The van der Waals surface area contributed by atoms with Crippen molar-refractivity contribution in [2.24, 2.45) is 0 Å². The van der Waals surface area contributed by atoms with E-state index in [1.165, 1.54) is 0 Å². The van der Waals surface area contributed by atoms with Gasteiger partial charge in [0.2, 0.25) is 10.0 Å². The van der Waals surface area contributed by atoms with Crippen LogP contribution >= 0.6 is 0 Å². The van der Waals surface area contributed by atoms with Crippen molar-refractivity contribution in [1.82, 2.24) is 10.0 Å². The van der Waals surface area contributed by atoms with Crippen molar-refractivity contribution in [3.8, 4) is 0 Å². The highest BCUT2D eigenvalue weighted by atomic mass is 32.2. The van der Waals surface area contributed by atoms with Gasteiger partial charge in [0.15, 0.2) is 0 Å². The summed E-state index contributed by atoms with van der Waals surface area (Å²) >= 11 is 0. The maximum absolute atomic E-state index is 12.2. The normalized spacial score (nSPS) is 21.0. The summed E-state index contributed by atoms with van der Waals surface area (Å²) < 4.78 is 32.3. The van der Waals surface area contributed by atoms with Crippen LogP contribution in [-0.4, -0.2) is 34.2 Å². The molecule has 1 heterocycles. The van der Waals surface area contributed by atoms with Crippen LogP contribution in [0.1, 0.15) is 31.9 Å². The molecule has 0 spiro atoms. The molecule has 2 rings (SSSR count). The largest absolute Gasteiger partial charge is 0.380 e. The van der Waals surface area contributed by atoms with E-state index in [2.05, 4.69) is 17.0 Å². The number of benzene rings is 1. The highest BCUT2D eigenvalue weighted by Gasteiger charge is 2.23. The molecule has 1 aliphatic heterocycles. The highest BCUT2D eigenvalue weighted by molar-refractivity contribution is 7.89. The molecule has 6 heteroatoms. The Balaban J connectivity index is 2.08. The molecule has 0 saturated carbocycles. The lowest BCUT2D eigenvalue weighted by Gasteiger charge is -2.14. The molecule has 0 bridgehead atoms. The summed E-state index contributed by atoms with van der Waals surface area (Å²) in [5.41, 5.74) is 1.08. The first-order valence-electron chi connectivity index (χ1n) is 6.96. The van der Waals surface area contributed by atoms with Gasteiger partial charge in [0.25, 0.3) is 0 Å². The number of sulfonamides is 1. The van der Waals surface area contributed by atoms with Crippen LogP contribution < -0.4 is 10.0 Å². The van der Waals surface area contributed by atoms with E-state index in [1.807, 2.05) is 19.1 Å². The number of nitrogens with one attached hydrogen (secondary N) is 2. The molecule has 2 unspecified atom stereocenters. The van der Waals surface area contributed by atoms with Crippen LogP contribution in [0.2, 0.25) is 0 Å². The Kier molecular flexibility index (Phi) is 5.15. The topological polar surface area (TPSA) is 67.4 Å². The Labute approximate surface area is 120 Å². The average molecular weight is 298 g/mol. The fourth-order valence-electron chi connectivity index (χ4n) is 2.27. The van der Waals surface area contributed by atoms with Gasteiger partial charge in [-0.25, -0.2) is 13.1 Å². The Morgan fingerprint density at radius 2 is 2.05 bits per heavy atom. The number of hydrogen-bond donors (Lipinski definition) is 2. The maximum Gasteiger partial charge on any atom is 0.240 e. The lowest BCUT2D eigenvalue weighted by molar-refractivity contribution is 0.192. The zero-order chi connectivity index (χ0) is 14.6. The third-order valence-corrected chi connectivity index (χ3v) is 4.99. The summed E-state index contributed by atoms with van der Waals surface area (Å²) in [5.74, 6) is 0. The van der Waals surface area contributed by atoms with E-state index < -0.39 is 10.0 Å². The third-order valence-electron chi connectivity index (χ3n) is 3.45. The smallest absolute Gasteiger partial charge is 0.240 e. The van der Waals surface area contributed by atoms with Gasteiger partial charge in [0, 0.05) is 18.7 Å². The lowest BCUT2D eigenvalue weighted by atomic mass is 10.1. The van der Waals surface area contributed by atoms with Crippen molar-refractivity contribution in [3.63, 3.8) is 0 Å². The van der Waals surface area contributed by atoms with Crippen molar-refractivity contribution < 1.29 is 13.2 Å². The van der Waals surface area contributed by atoms with Crippen molar-refractivity contribution in [1.29, 1.82) is 0 Å². The van der Waals surface area contributed by atoms with Crippen LogP contribution in [0.3, 0.4) is 0 Å². The zero-order valence-electron chi connectivity index (χ0n) is 11.9. The molecule has 0 amide bonds. The molecule has 0 radical (unpaired) electrons. The van der Waals surface area contributed by atoms with Crippen molar-refractivity contribution in [3.05, 3.63) is 29.8 Å². The standard InChI is InChI=1S/C14H22N2O3S/c1-3-15-11(2)12-4-6-14(7-5-12)20(17,18)16-13-8-9-19-10-13/h4-7,11,13,15-16H,3,8-10H2,1-2H3. The first-order chi connectivity index (χ1) is 9.53. The second-order valence-corrected chi connectivity index (χ2v) is 6.74. The highest BCUT2D eigenvalue weighted by Crippen LogP contribution is 2.17. The SMILES string of the molecule is CCNC(C)c1ccc(S(=O)(=O)NC2CCOC2)cc1. The second-order valence-electron chi connectivity index (χ2n) is 5.03. The van der Waals surface area contributed by atoms with E-state index in [9.17, 15) is 8.42 Å². The Morgan fingerprint density at radius 3 is 2.60 bits per heavy atom. The van der Waals surface area contributed by atoms with Gasteiger partial charge in [-0.2, -0.15) is 0 Å². The monoisotopic (exact) mass is 298 g/mol. The number of hydrogen-bond acceptors (Lipinski definition) is 4. The molecule has 1 saturated heterocycles. The molecule has 2 atom stereocenters. The lowest BCUT2D eigenvalue weighted by Crippen LogP contribution is -2.35. The van der Waals surface area contributed by atoms with Crippen LogP contribution in [0.25, 0.3) is 0 Å². The van der Waals surface area contributed by atoms with Gasteiger partial charge < -0.3 is 10.1 Å². The molecule has 112 valence electrons. The average Bonchev–Trinajstić information content (AvgIpc) is 2.91. The van der Waals surface area contributed by atoms with Crippen molar-refractivity contribution in [2.45, 2.75) is 37.2 Å². The summed E-state index contributed by atoms with van der Waals surface area (Å²) in [7, 11) is -3.45. The molecule has 2 N–H and O–H groups in total. The Bertz CT molecular complexity index is 522. The van der Waals surface area contributed by atoms with Crippen molar-refractivity contribution >= 4 is 10.0 Å². The maximum atomic E-state index is 12.2. The fourth-order valence-corrected chi connectivity index (χ4v) is 3.53. The van der Waals surface area contributed by atoms with Gasteiger partial charge in [-0.05, 0) is 37.6 Å². The van der Waals surface area contributed by atoms with E-state index in [0.717, 1.165) is 18.5 Å². The summed E-state index contributed by atoms with van der Waals surface area (Å²) in [5, 5.41) is 3.30. The summed E-state index contributed by atoms with van der Waals surface area (Å²) in [6.45, 7) is 6.05. The molecule has 1 fully saturated rings. The zero-order valence-corrected chi connectivity index (χ0v) is 12.7. The minimum Gasteiger partial charge on any atom is -0.380 e. The molecular weight excluding hydrogens is 276 g/mol. The predicted molar refractivity (Wildman–Crippen MR) is 78.1 cm³/mol. The summed E-state index contributed by atoms with van der Waals surface area (Å²) in [4.78, 5) is 0.303. The predicted octanol–water partition coefficient (Wildman–Crippen LogP) is 1.42. The molecule has 5 nitrogen and oxygen atoms in total. The van der Waals surface area contributed by atoms with E-state index in [0.29, 0.717) is 18.1 Å². The van der Waals surface area contributed by atoms with Gasteiger partial charge in [-0.3, -0.25) is 0 Å². The van der Waals surface area contributed by atoms with E-state index >= 15 is 0 Å². The summed E-state index contributed by atoms with van der Waals surface area (Å²) in [6, 6.07) is 7.12. The molecule has 1 aliphatic rings. The van der Waals surface area contributed by atoms with E-state index in [1.54, 1.807) is 12.1 Å². The van der Waals surface area contributed by atoms with Crippen LogP contribution in [0.5, 0.6) is 0 Å². The van der Waals surface area contributed by atoms with Crippen LogP contribution in [0.15, 0.2) is 29.2 Å². The Morgan fingerprint density at radius 1 is 1.35 bits per heavy atom. The van der Waals surface area contributed by atoms with E-state index in [4.69, 9.17) is 4.74 Å². The first-order valence-corrected chi connectivity index (χ1v) is 8.44. The first kappa shape index (κ1) is 15.4. The number of ether oxygens (including phenoxy) is 1. The minimum absolute atomic E-state index is 0.111. The van der Waals surface area contributed by atoms with Crippen molar-refractivity contribution in [2.75, 3.05) is 19.8 Å². The van der Waals surface area contributed by atoms with Crippen LogP contribution in [0.4, 0.5) is 0 Å². The summed E-state index contributed by atoms with van der Waals surface area (Å²) in [6.07, 6.45) is 0.731. The molecule has 20 heavy (non-hydrogen) atoms. The van der Waals surface area contributed by atoms with E-state index in [-0.39, 0.29) is 12.1 Å². The van der Waals surface area contributed by atoms with Gasteiger partial charge >= 0.3 is 0 Å². The molecule has 0 aromatic heterocycles. The Hall–Kier alpha value is -0.950. The van der Waals surface area contributed by atoms with Gasteiger partial charge in [-0.1, -0.05) is 19.1 Å². The van der Waals surface area contributed by atoms with Gasteiger partial charge in [-0.15, -0.1) is 0 Å². The van der Waals surface area contributed by atoms with Crippen LogP contribution in [-0.2, 0) is 14.8 Å². The molecule has 1 aromatic rings. The fraction of sp³-hybridized carbons (Fsp3) is 0.571. The third kappa shape index (κ3) is 3.79. The molecule has 1 aromatic carbocycles. The molecule has 0 aliphatic carbocycles. The molecular formula is C14H22N2O3S. The van der Waals surface area contributed by atoms with Gasteiger partial charge in [0.1, 0.15) is 0 Å².